The molecule has 14 heavy (non-hydrogen) atoms. The summed E-state index contributed by atoms with van der Waals surface area (Å²) in [6.45, 7) is 2.65. The second-order valence-electron chi connectivity index (χ2n) is 3.21. The molecule has 78 valence electrons. The van der Waals surface area contributed by atoms with Crippen molar-refractivity contribution in [3.8, 4) is 0 Å². The molecule has 0 bridgehead atoms. The molecule has 1 unspecified atom stereocenters. The minimum absolute atomic E-state index is 0.458. The third-order valence-electron chi connectivity index (χ3n) is 2.28. The quantitative estimate of drug-likeness (QED) is 0.715. The van der Waals surface area contributed by atoms with Gasteiger partial charge in [0, 0.05) is 18.3 Å². The Balaban J connectivity index is 2.65. The molecule has 1 atom stereocenters. The first-order valence-corrected chi connectivity index (χ1v) is 4.55. The van der Waals surface area contributed by atoms with Crippen LogP contribution in [0.5, 0.6) is 0 Å². The van der Waals surface area contributed by atoms with Crippen LogP contribution in [0.3, 0.4) is 0 Å². The molecule has 0 radical (unpaired) electrons. The molecule has 0 saturated heterocycles. The van der Waals surface area contributed by atoms with E-state index in [1.807, 2.05) is 6.92 Å². The van der Waals surface area contributed by atoms with E-state index in [-0.39, 0.29) is 0 Å². The van der Waals surface area contributed by atoms with E-state index in [0.717, 1.165) is 5.69 Å². The zero-order chi connectivity index (χ0) is 10.6. The lowest BCUT2D eigenvalue weighted by Crippen LogP contribution is -2.40. The fraction of sp³-hybridized carbons (Fsp3) is 0.556. The van der Waals surface area contributed by atoms with Gasteiger partial charge in [-0.3, -0.25) is 9.69 Å². The summed E-state index contributed by atoms with van der Waals surface area (Å²) in [5, 5.41) is 9.00. The van der Waals surface area contributed by atoms with Crippen LogP contribution < -0.4 is 0 Å². The maximum Gasteiger partial charge on any atom is 0.321 e. The molecule has 0 saturated carbocycles. The maximum absolute atomic E-state index is 11.0. The lowest BCUT2D eigenvalue weighted by atomic mass is 10.1. The van der Waals surface area contributed by atoms with Gasteiger partial charge >= 0.3 is 5.97 Å². The monoisotopic (exact) mass is 197 g/mol. The smallest absolute Gasteiger partial charge is 0.321 e. The van der Waals surface area contributed by atoms with E-state index in [1.165, 1.54) is 0 Å². The molecule has 0 aliphatic heterocycles. The molecule has 0 amide bonds. The van der Waals surface area contributed by atoms with Crippen LogP contribution in [0.4, 0.5) is 0 Å². The normalized spacial score (nSPS) is 13.1. The highest BCUT2D eigenvalue weighted by atomic mass is 16.4. The van der Waals surface area contributed by atoms with E-state index in [4.69, 9.17) is 5.11 Å². The summed E-state index contributed by atoms with van der Waals surface area (Å²) in [4.78, 5) is 19.5. The van der Waals surface area contributed by atoms with E-state index < -0.39 is 12.0 Å². The summed E-state index contributed by atoms with van der Waals surface area (Å²) in [6, 6.07) is -0.486. The van der Waals surface area contributed by atoms with Crippen molar-refractivity contribution in [3.05, 3.63) is 18.2 Å². The number of carbonyl (C=O) groups is 1. The number of carboxylic acid groups (broad SMARTS) is 1. The Kier molecular flexibility index (Phi) is 3.64. The molecule has 2 N–H and O–H groups in total. The van der Waals surface area contributed by atoms with Crippen LogP contribution in [0.25, 0.3) is 0 Å². The molecule has 5 nitrogen and oxygen atoms in total. The number of hydrogen-bond donors (Lipinski definition) is 2. The summed E-state index contributed by atoms with van der Waals surface area (Å²) in [7, 11) is 1.80. The van der Waals surface area contributed by atoms with Gasteiger partial charge in [0.15, 0.2) is 0 Å². The highest BCUT2D eigenvalue weighted by molar-refractivity contribution is 5.73. The van der Waals surface area contributed by atoms with Gasteiger partial charge in [-0.15, -0.1) is 0 Å². The number of nitrogens with zero attached hydrogens (tertiary/aromatic N) is 2. The summed E-state index contributed by atoms with van der Waals surface area (Å²) in [5.74, 6) is -0.802. The molecule has 1 rings (SSSR count). The van der Waals surface area contributed by atoms with Crippen LogP contribution in [0.1, 0.15) is 12.6 Å². The van der Waals surface area contributed by atoms with Crippen LogP contribution in [0.2, 0.25) is 0 Å². The molecule has 1 aromatic rings. The number of H-pyrrole nitrogens is 1. The number of aliphatic carboxylic acids is 1. The zero-order valence-electron chi connectivity index (χ0n) is 8.40. The van der Waals surface area contributed by atoms with E-state index in [0.29, 0.717) is 13.0 Å². The predicted molar refractivity (Wildman–Crippen MR) is 52.0 cm³/mol. The molecule has 5 heteroatoms. The molecule has 0 aliphatic rings. The van der Waals surface area contributed by atoms with Gasteiger partial charge in [-0.1, -0.05) is 6.92 Å². The third-order valence-corrected chi connectivity index (χ3v) is 2.28. The number of rotatable bonds is 5. The van der Waals surface area contributed by atoms with Crippen LogP contribution in [0, 0.1) is 0 Å². The Hall–Kier alpha value is -1.36. The fourth-order valence-electron chi connectivity index (χ4n) is 1.26. The van der Waals surface area contributed by atoms with E-state index in [2.05, 4.69) is 9.97 Å². The van der Waals surface area contributed by atoms with Gasteiger partial charge < -0.3 is 10.1 Å². The molecule has 0 aliphatic carbocycles. The Labute approximate surface area is 82.8 Å². The summed E-state index contributed by atoms with van der Waals surface area (Å²) in [5.41, 5.74) is 0.845. The van der Waals surface area contributed by atoms with E-state index in [1.54, 1.807) is 24.5 Å². The Morgan fingerprint density at radius 1 is 1.79 bits per heavy atom. The van der Waals surface area contributed by atoms with Crippen LogP contribution in [-0.4, -0.2) is 45.6 Å². The first-order chi connectivity index (χ1) is 6.65. The molecule has 0 aromatic carbocycles. The number of likely N-dealkylation sites (N-methyl/N-ethyl adjacent to an activating group) is 1. The molecule has 0 fully saturated rings. The van der Waals surface area contributed by atoms with Crippen molar-refractivity contribution in [1.82, 2.24) is 14.9 Å². The minimum Gasteiger partial charge on any atom is -0.480 e. The minimum atomic E-state index is -0.802. The maximum atomic E-state index is 11.0. The molecular weight excluding hydrogens is 182 g/mol. The first kappa shape index (κ1) is 10.7. The van der Waals surface area contributed by atoms with Crippen molar-refractivity contribution < 1.29 is 9.90 Å². The van der Waals surface area contributed by atoms with Gasteiger partial charge in [-0.05, 0) is 13.6 Å². The van der Waals surface area contributed by atoms with Crippen LogP contribution in [-0.2, 0) is 11.2 Å². The van der Waals surface area contributed by atoms with Crippen LogP contribution in [0.15, 0.2) is 12.5 Å². The number of aromatic amines is 1. The van der Waals surface area contributed by atoms with Crippen LogP contribution >= 0.6 is 0 Å². The van der Waals surface area contributed by atoms with Crippen molar-refractivity contribution in [3.63, 3.8) is 0 Å². The highest BCUT2D eigenvalue weighted by Gasteiger charge is 2.22. The summed E-state index contributed by atoms with van der Waals surface area (Å²) >= 11 is 0. The average Bonchev–Trinajstić information content (AvgIpc) is 2.65. The number of imidazole rings is 1. The lowest BCUT2D eigenvalue weighted by Gasteiger charge is -2.22. The van der Waals surface area contributed by atoms with E-state index in [9.17, 15) is 4.79 Å². The number of carboxylic acids is 1. The third kappa shape index (κ3) is 2.56. The standard InChI is InChI=1S/C9H15N3O2/c1-3-12(2)8(9(13)14)4-7-5-10-6-11-7/h5-6,8H,3-4H2,1-2H3,(H,10,11)(H,13,14). The molecule has 1 aromatic heterocycles. The Morgan fingerprint density at radius 3 is 2.93 bits per heavy atom. The fourth-order valence-corrected chi connectivity index (χ4v) is 1.26. The van der Waals surface area contributed by atoms with Crippen molar-refractivity contribution in [2.45, 2.75) is 19.4 Å². The van der Waals surface area contributed by atoms with Crippen molar-refractivity contribution in [2.24, 2.45) is 0 Å². The van der Waals surface area contributed by atoms with Crippen molar-refractivity contribution in [1.29, 1.82) is 0 Å². The van der Waals surface area contributed by atoms with Gasteiger partial charge in [0.05, 0.1) is 6.33 Å². The topological polar surface area (TPSA) is 69.2 Å². The first-order valence-electron chi connectivity index (χ1n) is 4.55. The number of hydrogen-bond acceptors (Lipinski definition) is 3. The van der Waals surface area contributed by atoms with Gasteiger partial charge in [0.1, 0.15) is 6.04 Å². The summed E-state index contributed by atoms with van der Waals surface area (Å²) in [6.07, 6.45) is 3.67. The molecule has 0 spiro atoms. The largest absolute Gasteiger partial charge is 0.480 e. The molecular formula is C9H15N3O2. The number of nitrogens with one attached hydrogen (secondary N) is 1. The second kappa shape index (κ2) is 4.76. The second-order valence-corrected chi connectivity index (χ2v) is 3.21. The van der Waals surface area contributed by atoms with Gasteiger partial charge in [-0.2, -0.15) is 0 Å². The van der Waals surface area contributed by atoms with Crippen molar-refractivity contribution >= 4 is 5.97 Å². The highest BCUT2D eigenvalue weighted by Crippen LogP contribution is 2.04. The average molecular weight is 197 g/mol. The SMILES string of the molecule is CCN(C)C(Cc1cnc[nH]1)C(=O)O. The lowest BCUT2D eigenvalue weighted by molar-refractivity contribution is -0.142. The molecule has 1 heterocycles. The van der Waals surface area contributed by atoms with Gasteiger partial charge in [0.25, 0.3) is 0 Å². The van der Waals surface area contributed by atoms with Gasteiger partial charge in [0.2, 0.25) is 0 Å². The Morgan fingerprint density at radius 2 is 2.50 bits per heavy atom. The van der Waals surface area contributed by atoms with Crippen molar-refractivity contribution in [2.75, 3.05) is 13.6 Å². The Bertz CT molecular complexity index is 284. The summed E-state index contributed by atoms with van der Waals surface area (Å²) < 4.78 is 0. The van der Waals surface area contributed by atoms with E-state index >= 15 is 0 Å². The predicted octanol–water partition coefficient (Wildman–Crippen LogP) is 0.357. The zero-order valence-corrected chi connectivity index (χ0v) is 8.40. The van der Waals surface area contributed by atoms with Gasteiger partial charge in [-0.25, -0.2) is 4.98 Å². The number of aromatic nitrogens is 2.